The standard InChI is InChI=1S/C20H17ClN2O7/c21-10-3-7(5-22)15(25)13-9(10)2-6-1-8-4-11(24)14(19(23)29)18(28)20(8,30)17(27)12(6)16(13)26/h2-3,8,24-25,27,30H,1,4-5,22H2,(H2,23,29)/t8-,20-/m0/s1. The summed E-state index contributed by atoms with van der Waals surface area (Å²) in [6.07, 6.45) is 1.07. The van der Waals surface area contributed by atoms with E-state index >= 15 is 0 Å². The molecule has 1 aromatic rings. The quantitative estimate of drug-likeness (QED) is 0.372. The van der Waals surface area contributed by atoms with Gasteiger partial charge in [0, 0.05) is 35.0 Å². The van der Waals surface area contributed by atoms with E-state index in [1.54, 1.807) is 0 Å². The van der Waals surface area contributed by atoms with Crippen LogP contribution in [0.1, 0.15) is 34.3 Å². The third-order valence-electron chi connectivity index (χ3n) is 5.89. The van der Waals surface area contributed by atoms with Gasteiger partial charge in [0.15, 0.2) is 5.60 Å². The Labute approximate surface area is 174 Å². The van der Waals surface area contributed by atoms with Gasteiger partial charge in [-0.15, -0.1) is 0 Å². The number of aromatic hydroxyl groups is 1. The van der Waals surface area contributed by atoms with Gasteiger partial charge in [0.05, 0.1) is 11.1 Å². The van der Waals surface area contributed by atoms with Crippen molar-refractivity contribution >= 4 is 35.2 Å². The number of hydrogen-bond acceptors (Lipinski definition) is 8. The number of ketones is 2. The predicted molar refractivity (Wildman–Crippen MR) is 105 cm³/mol. The average molecular weight is 433 g/mol. The molecule has 30 heavy (non-hydrogen) atoms. The van der Waals surface area contributed by atoms with Crippen LogP contribution in [0.4, 0.5) is 0 Å². The molecule has 0 unspecified atom stereocenters. The normalized spacial score (nSPS) is 25.6. The van der Waals surface area contributed by atoms with E-state index in [9.17, 15) is 34.8 Å². The Morgan fingerprint density at radius 3 is 2.50 bits per heavy atom. The van der Waals surface area contributed by atoms with Crippen LogP contribution >= 0.6 is 11.6 Å². The van der Waals surface area contributed by atoms with E-state index in [-0.39, 0.29) is 52.2 Å². The van der Waals surface area contributed by atoms with Crippen LogP contribution in [0.15, 0.2) is 34.3 Å². The summed E-state index contributed by atoms with van der Waals surface area (Å²) in [6.45, 7) is -0.107. The first-order valence-electron chi connectivity index (χ1n) is 8.96. The molecule has 0 radical (unpaired) electrons. The third-order valence-corrected chi connectivity index (χ3v) is 6.20. The molecular formula is C20H17ClN2O7. The molecule has 8 N–H and O–H groups in total. The number of phenolic OH excluding ortho intramolecular Hbond substituents is 1. The number of phenols is 1. The molecule has 0 spiro atoms. The van der Waals surface area contributed by atoms with Crippen LogP contribution in [0.2, 0.25) is 5.02 Å². The van der Waals surface area contributed by atoms with Crippen molar-refractivity contribution in [2.24, 2.45) is 17.4 Å². The fourth-order valence-corrected chi connectivity index (χ4v) is 4.67. The van der Waals surface area contributed by atoms with Gasteiger partial charge in [-0.3, -0.25) is 14.4 Å². The van der Waals surface area contributed by atoms with Gasteiger partial charge in [-0.05, 0) is 24.1 Å². The average Bonchev–Trinajstić information content (AvgIpc) is 2.67. The number of rotatable bonds is 2. The second kappa shape index (κ2) is 6.43. The van der Waals surface area contributed by atoms with Crippen molar-refractivity contribution in [2.75, 3.05) is 0 Å². The molecule has 2 atom stereocenters. The van der Waals surface area contributed by atoms with E-state index < -0.39 is 51.8 Å². The SMILES string of the molecule is NCc1cc(Cl)c2c(c1O)C(=O)C1=C(O)[C@]3(O)C(=O)C(C(N)=O)=C(O)C[C@@H]3CC1=C2. The van der Waals surface area contributed by atoms with Gasteiger partial charge in [0.2, 0.25) is 11.6 Å². The van der Waals surface area contributed by atoms with Crippen LogP contribution in [0, 0.1) is 5.92 Å². The number of hydrogen-bond donors (Lipinski definition) is 6. The van der Waals surface area contributed by atoms with Crippen molar-refractivity contribution in [2.45, 2.75) is 25.0 Å². The summed E-state index contributed by atoms with van der Waals surface area (Å²) in [6, 6.07) is 1.42. The number of carbonyl (C=O) groups is 3. The Morgan fingerprint density at radius 2 is 1.90 bits per heavy atom. The number of primary amides is 1. The van der Waals surface area contributed by atoms with Crippen molar-refractivity contribution in [3.8, 4) is 5.75 Å². The topological polar surface area (TPSA) is 184 Å². The zero-order valence-corrected chi connectivity index (χ0v) is 16.2. The highest BCUT2D eigenvalue weighted by Gasteiger charge is 2.58. The predicted octanol–water partition coefficient (Wildman–Crippen LogP) is 0.917. The first-order valence-corrected chi connectivity index (χ1v) is 9.34. The first-order chi connectivity index (χ1) is 14.0. The number of aliphatic hydroxyl groups is 3. The maximum absolute atomic E-state index is 13.2. The van der Waals surface area contributed by atoms with Crippen molar-refractivity contribution in [3.05, 3.63) is 56.0 Å². The summed E-state index contributed by atoms with van der Waals surface area (Å²) < 4.78 is 0. The molecule has 9 nitrogen and oxygen atoms in total. The number of Topliss-reactive ketones (excluding diaryl/α,β-unsaturated/α-hetero) is 2. The summed E-state index contributed by atoms with van der Waals surface area (Å²) in [7, 11) is 0. The van der Waals surface area contributed by atoms with E-state index in [0.717, 1.165) is 0 Å². The van der Waals surface area contributed by atoms with Gasteiger partial charge in [0.25, 0.3) is 5.91 Å². The number of amides is 1. The number of carbonyl (C=O) groups excluding carboxylic acids is 3. The van der Waals surface area contributed by atoms with Crippen LogP contribution in [-0.2, 0) is 16.1 Å². The molecule has 0 aliphatic heterocycles. The van der Waals surface area contributed by atoms with Crippen molar-refractivity contribution in [1.82, 2.24) is 0 Å². The minimum absolute atomic E-state index is 0.0847. The van der Waals surface area contributed by atoms with Gasteiger partial charge < -0.3 is 31.9 Å². The smallest absolute Gasteiger partial charge is 0.255 e. The van der Waals surface area contributed by atoms with Gasteiger partial charge in [-0.1, -0.05) is 11.6 Å². The molecule has 0 saturated carbocycles. The van der Waals surface area contributed by atoms with Crippen LogP contribution in [0.5, 0.6) is 5.75 Å². The fraction of sp³-hybridized carbons (Fsp3) is 0.250. The molecule has 0 heterocycles. The van der Waals surface area contributed by atoms with Crippen LogP contribution in [-0.4, -0.2) is 43.5 Å². The summed E-state index contributed by atoms with van der Waals surface area (Å²) >= 11 is 6.25. The molecule has 3 aliphatic rings. The number of nitrogens with two attached hydrogens (primary N) is 2. The van der Waals surface area contributed by atoms with Gasteiger partial charge in [0.1, 0.15) is 22.8 Å². The highest BCUT2D eigenvalue weighted by molar-refractivity contribution is 6.34. The summed E-state index contributed by atoms with van der Waals surface area (Å²) in [5.74, 6) is -6.43. The maximum atomic E-state index is 13.2. The summed E-state index contributed by atoms with van der Waals surface area (Å²) in [5.41, 5.74) is 7.36. The Bertz CT molecular complexity index is 1160. The van der Waals surface area contributed by atoms with Gasteiger partial charge in [-0.2, -0.15) is 0 Å². The monoisotopic (exact) mass is 432 g/mol. The number of allylic oxidation sites excluding steroid dienone is 3. The number of benzene rings is 1. The molecule has 1 aromatic carbocycles. The minimum atomic E-state index is -2.62. The van der Waals surface area contributed by atoms with E-state index in [0.29, 0.717) is 0 Å². The first kappa shape index (κ1) is 20.1. The van der Waals surface area contributed by atoms with Crippen molar-refractivity contribution in [3.63, 3.8) is 0 Å². The molecule has 156 valence electrons. The molecule has 3 aliphatic carbocycles. The summed E-state index contributed by atoms with van der Waals surface area (Å²) in [5, 5.41) is 42.7. The second-order valence-electron chi connectivity index (χ2n) is 7.47. The van der Waals surface area contributed by atoms with Crippen molar-refractivity contribution in [1.29, 1.82) is 0 Å². The molecule has 0 aromatic heterocycles. The number of halogens is 1. The molecule has 4 rings (SSSR count). The van der Waals surface area contributed by atoms with E-state index in [1.807, 2.05) is 0 Å². The zero-order chi connectivity index (χ0) is 22.1. The molecule has 0 fully saturated rings. The van der Waals surface area contributed by atoms with E-state index in [4.69, 9.17) is 23.1 Å². The molecule has 1 amide bonds. The Morgan fingerprint density at radius 1 is 1.23 bits per heavy atom. The van der Waals surface area contributed by atoms with Crippen LogP contribution < -0.4 is 11.5 Å². The number of aliphatic hydroxyl groups excluding tert-OH is 2. The Hall–Kier alpha value is -3.14. The fourth-order valence-electron chi connectivity index (χ4n) is 4.39. The highest BCUT2D eigenvalue weighted by Crippen LogP contribution is 2.51. The van der Waals surface area contributed by atoms with Gasteiger partial charge in [-0.25, -0.2) is 0 Å². The zero-order valence-electron chi connectivity index (χ0n) is 15.4. The Balaban J connectivity index is 1.98. The second-order valence-corrected chi connectivity index (χ2v) is 7.88. The highest BCUT2D eigenvalue weighted by atomic mass is 35.5. The maximum Gasteiger partial charge on any atom is 0.255 e. The minimum Gasteiger partial charge on any atom is -0.511 e. The molecule has 0 bridgehead atoms. The lowest BCUT2D eigenvalue weighted by molar-refractivity contribution is -0.142. The van der Waals surface area contributed by atoms with Crippen LogP contribution in [0.25, 0.3) is 6.08 Å². The van der Waals surface area contributed by atoms with Crippen LogP contribution in [0.3, 0.4) is 0 Å². The molecular weight excluding hydrogens is 416 g/mol. The lowest BCUT2D eigenvalue weighted by Crippen LogP contribution is -2.55. The largest absolute Gasteiger partial charge is 0.511 e. The summed E-state index contributed by atoms with van der Waals surface area (Å²) in [4.78, 5) is 37.6. The lowest BCUT2D eigenvalue weighted by Gasteiger charge is -2.43. The lowest BCUT2D eigenvalue weighted by atomic mass is 9.63. The third kappa shape index (κ3) is 2.40. The van der Waals surface area contributed by atoms with Gasteiger partial charge >= 0.3 is 0 Å². The Kier molecular flexibility index (Phi) is 4.32. The molecule has 0 saturated heterocycles. The van der Waals surface area contributed by atoms with E-state index in [2.05, 4.69) is 0 Å². The van der Waals surface area contributed by atoms with Crippen molar-refractivity contribution < 1.29 is 34.8 Å². The number of fused-ring (bicyclic) bond motifs is 3. The molecule has 10 heteroatoms. The van der Waals surface area contributed by atoms with E-state index in [1.165, 1.54) is 12.1 Å².